The van der Waals surface area contributed by atoms with Gasteiger partial charge in [0.15, 0.2) is 11.1 Å². The Morgan fingerprint density at radius 1 is 1.52 bits per heavy atom. The maximum Gasteiger partial charge on any atom is 0.435 e. The molecule has 1 aliphatic heterocycles. The van der Waals surface area contributed by atoms with Crippen molar-refractivity contribution in [1.82, 2.24) is 14.5 Å². The van der Waals surface area contributed by atoms with Crippen molar-refractivity contribution in [3.05, 3.63) is 53.9 Å². The number of carboxylic acids is 1. The normalized spacial score (nSPS) is 18.3. The van der Waals surface area contributed by atoms with Gasteiger partial charge in [0, 0.05) is 0 Å². The Kier molecular flexibility index (Phi) is 5.73. The number of amidine groups is 1. The lowest BCUT2D eigenvalue weighted by Gasteiger charge is -2.07. The van der Waals surface area contributed by atoms with Gasteiger partial charge < -0.3 is 9.83 Å². The SMILES string of the molecule is C=C/C=C\C=C(/C)C1=NC(c2cc(C(F)(F)F)nn2CC(=O)O)SN1. The molecule has 1 aliphatic rings. The lowest BCUT2D eigenvalue weighted by atomic mass is 10.2. The molecular formula is C15H15F3N4O2S. The van der Waals surface area contributed by atoms with Crippen molar-refractivity contribution in [1.29, 1.82) is 0 Å². The van der Waals surface area contributed by atoms with E-state index in [0.29, 0.717) is 5.84 Å². The van der Waals surface area contributed by atoms with Gasteiger partial charge in [0.05, 0.1) is 5.69 Å². The third-order valence-corrected chi connectivity index (χ3v) is 4.00. The summed E-state index contributed by atoms with van der Waals surface area (Å²) in [4.78, 5) is 15.2. The molecule has 6 nitrogen and oxygen atoms in total. The predicted octanol–water partition coefficient (Wildman–Crippen LogP) is 3.32. The lowest BCUT2D eigenvalue weighted by molar-refractivity contribution is -0.143. The van der Waals surface area contributed by atoms with Crippen LogP contribution in [0.4, 0.5) is 13.2 Å². The molecule has 0 aliphatic carbocycles. The first-order chi connectivity index (χ1) is 11.7. The quantitative estimate of drug-likeness (QED) is 0.592. The second kappa shape index (κ2) is 7.60. The van der Waals surface area contributed by atoms with Crippen LogP contribution in [0.5, 0.6) is 0 Å². The number of rotatable bonds is 6. The van der Waals surface area contributed by atoms with Crippen molar-refractivity contribution in [2.24, 2.45) is 4.99 Å². The summed E-state index contributed by atoms with van der Waals surface area (Å²) in [6, 6.07) is 0.825. The van der Waals surface area contributed by atoms with E-state index in [1.165, 1.54) is 0 Å². The number of hydrogen-bond donors (Lipinski definition) is 2. The molecule has 0 aromatic carbocycles. The van der Waals surface area contributed by atoms with Crippen molar-refractivity contribution < 1.29 is 23.1 Å². The van der Waals surface area contributed by atoms with Crippen LogP contribution in [-0.4, -0.2) is 26.7 Å². The number of carboxylic acid groups (broad SMARTS) is 1. The Morgan fingerprint density at radius 2 is 2.24 bits per heavy atom. The third-order valence-electron chi connectivity index (χ3n) is 3.12. The Hall–Kier alpha value is -2.49. The summed E-state index contributed by atoms with van der Waals surface area (Å²) in [6.07, 6.45) is 2.19. The van der Waals surface area contributed by atoms with Crippen molar-refractivity contribution in [3.8, 4) is 0 Å². The minimum atomic E-state index is -4.66. The van der Waals surface area contributed by atoms with Crippen LogP contribution in [0, 0.1) is 0 Å². The fourth-order valence-electron chi connectivity index (χ4n) is 1.97. The molecule has 1 atom stereocenters. The molecule has 0 saturated heterocycles. The maximum absolute atomic E-state index is 12.9. The summed E-state index contributed by atoms with van der Waals surface area (Å²) in [7, 11) is 0. The largest absolute Gasteiger partial charge is 0.480 e. The highest BCUT2D eigenvalue weighted by Crippen LogP contribution is 2.37. The molecule has 10 heteroatoms. The summed E-state index contributed by atoms with van der Waals surface area (Å²) in [5.41, 5.74) is -0.306. The number of aromatic nitrogens is 2. The van der Waals surface area contributed by atoms with Crippen LogP contribution in [-0.2, 0) is 17.5 Å². The number of hydrogen-bond acceptors (Lipinski definition) is 5. The van der Waals surface area contributed by atoms with E-state index in [1.54, 1.807) is 31.2 Å². The zero-order valence-corrected chi connectivity index (χ0v) is 13.9. The van der Waals surface area contributed by atoms with Crippen LogP contribution in [0.2, 0.25) is 0 Å². The van der Waals surface area contributed by atoms with Crippen molar-refractivity contribution in [2.75, 3.05) is 0 Å². The average molecular weight is 372 g/mol. The molecule has 134 valence electrons. The zero-order valence-electron chi connectivity index (χ0n) is 13.1. The fourth-order valence-corrected chi connectivity index (χ4v) is 2.88. The van der Waals surface area contributed by atoms with E-state index in [1.807, 2.05) is 0 Å². The van der Waals surface area contributed by atoms with Crippen molar-refractivity contribution in [2.45, 2.75) is 25.0 Å². The van der Waals surface area contributed by atoms with Gasteiger partial charge in [-0.3, -0.25) is 9.48 Å². The van der Waals surface area contributed by atoms with E-state index in [-0.39, 0.29) is 5.69 Å². The monoisotopic (exact) mass is 372 g/mol. The van der Waals surface area contributed by atoms with Crippen LogP contribution in [0.1, 0.15) is 23.7 Å². The van der Waals surface area contributed by atoms with E-state index in [2.05, 4.69) is 21.4 Å². The molecule has 1 aromatic heterocycles. The van der Waals surface area contributed by atoms with Gasteiger partial charge in [0.1, 0.15) is 12.4 Å². The Balaban J connectivity index is 2.33. The van der Waals surface area contributed by atoms with Crippen molar-refractivity contribution >= 4 is 23.8 Å². The minimum absolute atomic E-state index is 0.0664. The van der Waals surface area contributed by atoms with Gasteiger partial charge in [-0.1, -0.05) is 30.9 Å². The highest BCUT2D eigenvalue weighted by Gasteiger charge is 2.37. The lowest BCUT2D eigenvalue weighted by Crippen LogP contribution is -2.15. The van der Waals surface area contributed by atoms with Gasteiger partial charge in [-0.2, -0.15) is 18.3 Å². The highest BCUT2D eigenvalue weighted by atomic mass is 32.2. The number of nitrogens with zero attached hydrogens (tertiary/aromatic N) is 3. The third kappa shape index (κ3) is 4.75. The van der Waals surface area contributed by atoms with E-state index in [0.717, 1.165) is 28.3 Å². The second-order valence-corrected chi connectivity index (χ2v) is 5.91. The molecule has 0 radical (unpaired) electrons. The van der Waals surface area contributed by atoms with E-state index in [9.17, 15) is 18.0 Å². The fraction of sp³-hybridized carbons (Fsp3) is 0.267. The molecule has 2 heterocycles. The molecular weight excluding hydrogens is 357 g/mol. The standard InChI is InChI=1S/C15H15F3N4O2S/c1-3-4-5-6-9(2)13-19-14(25-21-13)10-7-11(15(16,17)18)20-22(10)8-12(23)24/h3-7,14H,1,8H2,2H3,(H,19,21)(H,23,24)/b5-4-,9-6+. The van der Waals surface area contributed by atoms with Crippen LogP contribution < -0.4 is 4.72 Å². The highest BCUT2D eigenvalue weighted by molar-refractivity contribution is 7.98. The molecule has 0 bridgehead atoms. The minimum Gasteiger partial charge on any atom is -0.480 e. The van der Waals surface area contributed by atoms with Crippen LogP contribution in [0.3, 0.4) is 0 Å². The first kappa shape index (κ1) is 18.8. The number of nitrogens with one attached hydrogen (secondary N) is 1. The van der Waals surface area contributed by atoms with Gasteiger partial charge in [-0.15, -0.1) is 0 Å². The molecule has 25 heavy (non-hydrogen) atoms. The molecule has 0 spiro atoms. The molecule has 0 fully saturated rings. The topological polar surface area (TPSA) is 79.5 Å². The van der Waals surface area contributed by atoms with Gasteiger partial charge >= 0.3 is 12.1 Å². The van der Waals surface area contributed by atoms with Gasteiger partial charge in [0.2, 0.25) is 0 Å². The van der Waals surface area contributed by atoms with Gasteiger partial charge in [-0.25, -0.2) is 4.99 Å². The molecule has 1 aromatic rings. The number of carbonyl (C=O) groups is 1. The summed E-state index contributed by atoms with van der Waals surface area (Å²) in [6.45, 7) is 4.66. The van der Waals surface area contributed by atoms with Gasteiger partial charge in [-0.05, 0) is 30.5 Å². The maximum atomic E-state index is 12.9. The molecule has 1 unspecified atom stereocenters. The predicted molar refractivity (Wildman–Crippen MR) is 88.9 cm³/mol. The average Bonchev–Trinajstić information content (AvgIpc) is 3.12. The Morgan fingerprint density at radius 3 is 2.84 bits per heavy atom. The summed E-state index contributed by atoms with van der Waals surface area (Å²) >= 11 is 1.08. The molecule has 0 saturated carbocycles. The summed E-state index contributed by atoms with van der Waals surface area (Å²) in [5.74, 6) is -0.788. The van der Waals surface area contributed by atoms with E-state index < -0.39 is 29.8 Å². The number of allylic oxidation sites excluding steroid dienone is 4. The summed E-state index contributed by atoms with van der Waals surface area (Å²) in [5, 5.41) is 11.5. The van der Waals surface area contributed by atoms with Crippen molar-refractivity contribution in [3.63, 3.8) is 0 Å². The summed E-state index contributed by atoms with van der Waals surface area (Å²) < 4.78 is 42.4. The molecule has 2 N–H and O–H groups in total. The van der Waals surface area contributed by atoms with Crippen LogP contribution >= 0.6 is 11.9 Å². The number of aliphatic imine (C=N–C) groups is 1. The van der Waals surface area contributed by atoms with E-state index >= 15 is 0 Å². The van der Waals surface area contributed by atoms with E-state index in [4.69, 9.17) is 5.11 Å². The molecule has 0 amide bonds. The number of halogens is 3. The number of alkyl halides is 3. The zero-order chi connectivity index (χ0) is 18.6. The Labute approximate surface area is 145 Å². The first-order valence-electron chi connectivity index (χ1n) is 7.05. The first-order valence-corrected chi connectivity index (χ1v) is 7.93. The van der Waals surface area contributed by atoms with Crippen LogP contribution in [0.15, 0.2) is 47.5 Å². The second-order valence-electron chi connectivity index (χ2n) is 5.02. The van der Waals surface area contributed by atoms with Gasteiger partial charge in [0.25, 0.3) is 0 Å². The molecule has 2 rings (SSSR count). The Bertz CT molecular complexity index is 765. The number of aliphatic carboxylic acids is 1. The smallest absolute Gasteiger partial charge is 0.435 e. The van der Waals surface area contributed by atoms with Crippen LogP contribution in [0.25, 0.3) is 0 Å².